The third kappa shape index (κ3) is 3.14. The van der Waals surface area contributed by atoms with Gasteiger partial charge in [0.15, 0.2) is 5.58 Å². The lowest BCUT2D eigenvalue weighted by Gasteiger charge is -2.34. The Kier molecular flexibility index (Phi) is 4.86. The summed E-state index contributed by atoms with van der Waals surface area (Å²) in [7, 11) is 0. The number of para-hydroxylation sites is 1. The number of benzene rings is 6. The Hall–Kier alpha value is -4.59. The SMILES string of the molecule is Clc1cccc2c1oc1cc(-c3ccc4c(c3)C(c3ccccc3)(c3ccccc3)c3ccccc3-4)ccc12. The van der Waals surface area contributed by atoms with E-state index in [0.29, 0.717) is 5.02 Å². The number of hydrogen-bond donors (Lipinski definition) is 0. The summed E-state index contributed by atoms with van der Waals surface area (Å²) in [5.74, 6) is 0. The topological polar surface area (TPSA) is 13.1 Å². The first kappa shape index (κ1) is 22.4. The molecule has 8 rings (SSSR count). The van der Waals surface area contributed by atoms with Crippen molar-refractivity contribution in [2.75, 3.05) is 0 Å². The first-order valence-electron chi connectivity index (χ1n) is 13.2. The fourth-order valence-electron chi connectivity index (χ4n) is 6.57. The van der Waals surface area contributed by atoms with Crippen LogP contribution in [0.1, 0.15) is 22.3 Å². The summed E-state index contributed by atoms with van der Waals surface area (Å²) < 4.78 is 6.24. The second kappa shape index (κ2) is 8.46. The van der Waals surface area contributed by atoms with Crippen molar-refractivity contribution in [1.29, 1.82) is 0 Å². The molecule has 2 heteroatoms. The summed E-state index contributed by atoms with van der Waals surface area (Å²) in [6, 6.07) is 49.9. The average Bonchev–Trinajstić information content (AvgIpc) is 3.52. The normalized spacial score (nSPS) is 13.5. The van der Waals surface area contributed by atoms with Gasteiger partial charge in [-0.25, -0.2) is 0 Å². The van der Waals surface area contributed by atoms with Gasteiger partial charge in [0.25, 0.3) is 0 Å². The molecule has 1 aromatic heterocycles. The van der Waals surface area contributed by atoms with E-state index in [9.17, 15) is 0 Å². The second-order valence-corrected chi connectivity index (χ2v) is 10.6. The monoisotopic (exact) mass is 518 g/mol. The van der Waals surface area contributed by atoms with Gasteiger partial charge in [-0.2, -0.15) is 0 Å². The van der Waals surface area contributed by atoms with Crippen molar-refractivity contribution in [3.63, 3.8) is 0 Å². The Labute approximate surface area is 231 Å². The van der Waals surface area contributed by atoms with E-state index >= 15 is 0 Å². The van der Waals surface area contributed by atoms with Crippen LogP contribution >= 0.6 is 11.6 Å². The van der Waals surface area contributed by atoms with E-state index in [2.05, 4.69) is 127 Å². The molecule has 0 N–H and O–H groups in total. The molecule has 184 valence electrons. The molecule has 1 aliphatic carbocycles. The van der Waals surface area contributed by atoms with Gasteiger partial charge >= 0.3 is 0 Å². The maximum atomic E-state index is 6.45. The summed E-state index contributed by atoms with van der Waals surface area (Å²) in [6.07, 6.45) is 0. The summed E-state index contributed by atoms with van der Waals surface area (Å²) in [5.41, 5.74) is 11.2. The van der Waals surface area contributed by atoms with Crippen molar-refractivity contribution in [2.45, 2.75) is 5.41 Å². The number of fused-ring (bicyclic) bond motifs is 6. The quantitative estimate of drug-likeness (QED) is 0.227. The Morgan fingerprint density at radius 2 is 1.13 bits per heavy atom. The Balaban J connectivity index is 1.41. The van der Waals surface area contributed by atoms with E-state index in [1.807, 2.05) is 12.1 Å². The standard InChI is InChI=1S/C37H23ClO/c38-34-17-9-15-31-30-21-19-25(23-35(30)39-36(31)34)24-18-20-29-28-14-7-8-16-32(28)37(33(29)22-24,26-10-3-1-4-11-26)27-12-5-2-6-13-27/h1-23H. The highest BCUT2D eigenvalue weighted by molar-refractivity contribution is 6.35. The van der Waals surface area contributed by atoms with E-state index in [4.69, 9.17) is 16.0 Å². The predicted octanol–water partition coefficient (Wildman–Crippen LogP) is 10.3. The predicted molar refractivity (Wildman–Crippen MR) is 161 cm³/mol. The smallest absolute Gasteiger partial charge is 0.153 e. The van der Waals surface area contributed by atoms with Crippen molar-refractivity contribution < 1.29 is 4.42 Å². The highest BCUT2D eigenvalue weighted by Gasteiger charge is 2.46. The molecule has 1 heterocycles. The third-order valence-electron chi connectivity index (χ3n) is 8.24. The van der Waals surface area contributed by atoms with Gasteiger partial charge in [0.05, 0.1) is 10.4 Å². The number of furan rings is 1. The van der Waals surface area contributed by atoms with Gasteiger partial charge in [-0.1, -0.05) is 127 Å². The Morgan fingerprint density at radius 1 is 0.487 bits per heavy atom. The molecule has 0 saturated heterocycles. The van der Waals surface area contributed by atoms with Gasteiger partial charge in [0.1, 0.15) is 5.58 Å². The highest BCUT2D eigenvalue weighted by atomic mass is 35.5. The van der Waals surface area contributed by atoms with Gasteiger partial charge in [0.2, 0.25) is 0 Å². The molecule has 0 unspecified atom stereocenters. The van der Waals surface area contributed by atoms with Gasteiger partial charge in [0, 0.05) is 10.8 Å². The van der Waals surface area contributed by atoms with Crippen molar-refractivity contribution >= 4 is 33.5 Å². The molecule has 7 aromatic rings. The molecule has 0 amide bonds. The van der Waals surface area contributed by atoms with E-state index < -0.39 is 5.41 Å². The van der Waals surface area contributed by atoms with Gasteiger partial charge in [-0.3, -0.25) is 0 Å². The minimum absolute atomic E-state index is 0.415. The van der Waals surface area contributed by atoms with Gasteiger partial charge < -0.3 is 4.42 Å². The van der Waals surface area contributed by atoms with Crippen LogP contribution in [0.3, 0.4) is 0 Å². The van der Waals surface area contributed by atoms with E-state index in [1.165, 1.54) is 33.4 Å². The largest absolute Gasteiger partial charge is 0.454 e. The van der Waals surface area contributed by atoms with E-state index in [1.54, 1.807) is 0 Å². The molecule has 39 heavy (non-hydrogen) atoms. The van der Waals surface area contributed by atoms with Gasteiger partial charge in [-0.05, 0) is 68.8 Å². The summed E-state index contributed by atoms with van der Waals surface area (Å²) in [6.45, 7) is 0. The maximum absolute atomic E-state index is 6.45. The zero-order valence-electron chi connectivity index (χ0n) is 21.1. The zero-order chi connectivity index (χ0) is 26.0. The lowest BCUT2D eigenvalue weighted by Crippen LogP contribution is -2.28. The molecule has 0 fully saturated rings. The Morgan fingerprint density at radius 3 is 1.90 bits per heavy atom. The first-order valence-corrected chi connectivity index (χ1v) is 13.6. The van der Waals surface area contributed by atoms with Crippen LogP contribution in [0.15, 0.2) is 144 Å². The van der Waals surface area contributed by atoms with Crippen LogP contribution in [0.25, 0.3) is 44.2 Å². The second-order valence-electron chi connectivity index (χ2n) is 10.2. The molecule has 0 radical (unpaired) electrons. The minimum atomic E-state index is -0.415. The molecule has 0 spiro atoms. The summed E-state index contributed by atoms with van der Waals surface area (Å²) in [4.78, 5) is 0. The number of halogens is 1. The third-order valence-corrected chi connectivity index (χ3v) is 8.54. The van der Waals surface area contributed by atoms with Crippen LogP contribution < -0.4 is 0 Å². The molecule has 0 bridgehead atoms. The average molecular weight is 519 g/mol. The lowest BCUT2D eigenvalue weighted by atomic mass is 9.67. The highest BCUT2D eigenvalue weighted by Crippen LogP contribution is 2.56. The molecule has 1 aliphatic rings. The number of hydrogen-bond acceptors (Lipinski definition) is 1. The van der Waals surface area contributed by atoms with Crippen molar-refractivity contribution in [1.82, 2.24) is 0 Å². The molecule has 0 saturated carbocycles. The molecular weight excluding hydrogens is 496 g/mol. The van der Waals surface area contributed by atoms with Crippen LogP contribution in [0.2, 0.25) is 5.02 Å². The van der Waals surface area contributed by atoms with Crippen LogP contribution in [-0.4, -0.2) is 0 Å². The van der Waals surface area contributed by atoms with Crippen LogP contribution in [0, 0.1) is 0 Å². The van der Waals surface area contributed by atoms with E-state index in [-0.39, 0.29) is 0 Å². The fourth-order valence-corrected chi connectivity index (χ4v) is 6.78. The van der Waals surface area contributed by atoms with Crippen LogP contribution in [0.5, 0.6) is 0 Å². The molecule has 0 atom stereocenters. The summed E-state index contributed by atoms with van der Waals surface area (Å²) in [5, 5.41) is 2.75. The fraction of sp³-hybridized carbons (Fsp3) is 0.0270. The molecule has 0 aliphatic heterocycles. The van der Waals surface area contributed by atoms with Crippen LogP contribution in [0.4, 0.5) is 0 Å². The minimum Gasteiger partial charge on any atom is -0.454 e. The van der Waals surface area contributed by atoms with E-state index in [0.717, 1.165) is 33.1 Å². The molecular formula is C37H23ClO. The zero-order valence-corrected chi connectivity index (χ0v) is 21.8. The lowest BCUT2D eigenvalue weighted by molar-refractivity contribution is 0.669. The Bertz CT molecular complexity index is 1980. The number of rotatable bonds is 3. The summed E-state index contributed by atoms with van der Waals surface area (Å²) >= 11 is 6.45. The maximum Gasteiger partial charge on any atom is 0.153 e. The van der Waals surface area contributed by atoms with Crippen molar-refractivity contribution in [3.8, 4) is 22.3 Å². The van der Waals surface area contributed by atoms with Crippen molar-refractivity contribution in [3.05, 3.63) is 167 Å². The van der Waals surface area contributed by atoms with Gasteiger partial charge in [-0.15, -0.1) is 0 Å². The van der Waals surface area contributed by atoms with Crippen LogP contribution in [-0.2, 0) is 5.41 Å². The molecule has 6 aromatic carbocycles. The molecule has 1 nitrogen and oxygen atoms in total. The first-order chi connectivity index (χ1) is 19.2. The van der Waals surface area contributed by atoms with Crippen molar-refractivity contribution in [2.24, 2.45) is 0 Å².